The van der Waals surface area contributed by atoms with Gasteiger partial charge in [0.05, 0.1) is 10.6 Å². The van der Waals surface area contributed by atoms with E-state index in [2.05, 4.69) is 10.6 Å². The number of aryl methyl sites for hydroxylation is 1. The lowest BCUT2D eigenvalue weighted by Gasteiger charge is -2.09. The van der Waals surface area contributed by atoms with Crippen LogP contribution in [0.2, 0.25) is 5.02 Å². The summed E-state index contributed by atoms with van der Waals surface area (Å²) >= 11 is 6.03. The van der Waals surface area contributed by atoms with E-state index in [4.69, 9.17) is 11.6 Å². The number of hydrogen-bond donors (Lipinski definition) is 2. The zero-order chi connectivity index (χ0) is 18.5. The highest BCUT2D eigenvalue weighted by molar-refractivity contribution is 6.34. The summed E-state index contributed by atoms with van der Waals surface area (Å²) < 4.78 is 0. The Morgan fingerprint density at radius 3 is 2.15 bits per heavy atom. The van der Waals surface area contributed by atoms with Gasteiger partial charge < -0.3 is 10.6 Å². The summed E-state index contributed by atoms with van der Waals surface area (Å²) in [5.74, 6) is -0.507. The Bertz CT molecular complexity index is 952. The molecule has 0 aliphatic carbocycles. The van der Waals surface area contributed by atoms with Gasteiger partial charge in [0.15, 0.2) is 0 Å². The first kappa shape index (κ1) is 17.7. The predicted molar refractivity (Wildman–Crippen MR) is 105 cm³/mol. The van der Waals surface area contributed by atoms with Gasteiger partial charge >= 0.3 is 0 Å². The maximum Gasteiger partial charge on any atom is 0.257 e. The van der Waals surface area contributed by atoms with E-state index < -0.39 is 0 Å². The molecule has 4 nitrogen and oxygen atoms in total. The second-order valence-electron chi connectivity index (χ2n) is 5.83. The number of halogens is 1. The quantitative estimate of drug-likeness (QED) is 0.672. The molecule has 0 saturated carbocycles. The Morgan fingerprint density at radius 2 is 1.46 bits per heavy atom. The SMILES string of the molecule is Cc1cccc(NC(=O)c2ccc(NC(=O)c3ccccc3Cl)cc2)c1. The van der Waals surface area contributed by atoms with Gasteiger partial charge in [-0.3, -0.25) is 9.59 Å². The molecule has 130 valence electrons. The fourth-order valence-electron chi connectivity index (χ4n) is 2.47. The van der Waals surface area contributed by atoms with Crippen LogP contribution in [-0.2, 0) is 0 Å². The molecule has 0 radical (unpaired) electrons. The van der Waals surface area contributed by atoms with Gasteiger partial charge in [0.2, 0.25) is 0 Å². The highest BCUT2D eigenvalue weighted by Gasteiger charge is 2.11. The lowest BCUT2D eigenvalue weighted by molar-refractivity contribution is 0.102. The van der Waals surface area contributed by atoms with Gasteiger partial charge in [-0.05, 0) is 61.0 Å². The molecule has 0 aliphatic heterocycles. The van der Waals surface area contributed by atoms with Crippen LogP contribution < -0.4 is 10.6 Å². The number of carbonyl (C=O) groups excluding carboxylic acids is 2. The van der Waals surface area contributed by atoms with Crippen LogP contribution in [0.25, 0.3) is 0 Å². The van der Waals surface area contributed by atoms with Crippen LogP contribution in [-0.4, -0.2) is 11.8 Å². The molecule has 2 amide bonds. The van der Waals surface area contributed by atoms with E-state index in [1.807, 2.05) is 31.2 Å². The molecule has 3 aromatic carbocycles. The Labute approximate surface area is 156 Å². The average molecular weight is 365 g/mol. The van der Waals surface area contributed by atoms with Crippen LogP contribution in [0.4, 0.5) is 11.4 Å². The number of carbonyl (C=O) groups is 2. The van der Waals surface area contributed by atoms with Crippen LogP contribution in [0, 0.1) is 6.92 Å². The van der Waals surface area contributed by atoms with Crippen LogP contribution >= 0.6 is 11.6 Å². The van der Waals surface area contributed by atoms with Crippen LogP contribution in [0.5, 0.6) is 0 Å². The fraction of sp³-hybridized carbons (Fsp3) is 0.0476. The van der Waals surface area contributed by atoms with Crippen molar-refractivity contribution in [1.82, 2.24) is 0 Å². The maximum atomic E-state index is 12.3. The molecule has 26 heavy (non-hydrogen) atoms. The number of anilines is 2. The smallest absolute Gasteiger partial charge is 0.257 e. The van der Waals surface area contributed by atoms with Crippen LogP contribution in [0.15, 0.2) is 72.8 Å². The molecule has 0 unspecified atom stereocenters. The van der Waals surface area contributed by atoms with Gasteiger partial charge in [-0.15, -0.1) is 0 Å². The van der Waals surface area contributed by atoms with Gasteiger partial charge in [-0.2, -0.15) is 0 Å². The van der Waals surface area contributed by atoms with Crippen molar-refractivity contribution in [2.45, 2.75) is 6.92 Å². The molecule has 5 heteroatoms. The third-order valence-corrected chi connectivity index (χ3v) is 4.13. The van der Waals surface area contributed by atoms with Crippen molar-refractivity contribution in [2.75, 3.05) is 10.6 Å². The van der Waals surface area contributed by atoms with Crippen LogP contribution in [0.3, 0.4) is 0 Å². The minimum atomic E-state index is -0.299. The topological polar surface area (TPSA) is 58.2 Å². The van der Waals surface area contributed by atoms with Crippen molar-refractivity contribution in [1.29, 1.82) is 0 Å². The Morgan fingerprint density at radius 1 is 0.769 bits per heavy atom. The van der Waals surface area contributed by atoms with E-state index in [9.17, 15) is 9.59 Å². The van der Waals surface area contributed by atoms with E-state index in [-0.39, 0.29) is 11.8 Å². The monoisotopic (exact) mass is 364 g/mol. The summed E-state index contributed by atoms with van der Waals surface area (Å²) in [6.07, 6.45) is 0. The molecule has 0 aliphatic rings. The molecule has 0 fully saturated rings. The van der Waals surface area contributed by atoms with E-state index >= 15 is 0 Å². The maximum absolute atomic E-state index is 12.3. The first-order valence-corrected chi connectivity index (χ1v) is 8.45. The minimum absolute atomic E-state index is 0.209. The molecule has 0 aromatic heterocycles. The highest BCUT2D eigenvalue weighted by atomic mass is 35.5. The Hall–Kier alpha value is -3.11. The standard InChI is InChI=1S/C21H17ClN2O2/c1-14-5-4-6-17(13-14)24-20(25)15-9-11-16(12-10-15)23-21(26)18-7-2-3-8-19(18)22/h2-13H,1H3,(H,23,26)(H,24,25). The second-order valence-corrected chi connectivity index (χ2v) is 6.24. The van der Waals surface area contributed by atoms with Crippen molar-refractivity contribution >= 4 is 34.8 Å². The number of rotatable bonds is 4. The first-order chi connectivity index (χ1) is 12.5. The third-order valence-electron chi connectivity index (χ3n) is 3.80. The molecular formula is C21H17ClN2O2. The molecule has 0 bridgehead atoms. The van der Waals surface area contributed by atoms with Crippen molar-refractivity contribution in [3.63, 3.8) is 0 Å². The normalized spacial score (nSPS) is 10.2. The van der Waals surface area contributed by atoms with Gasteiger partial charge in [-0.25, -0.2) is 0 Å². The summed E-state index contributed by atoms with van der Waals surface area (Å²) in [5.41, 5.74) is 3.30. The molecule has 3 aromatic rings. The lowest BCUT2D eigenvalue weighted by Crippen LogP contribution is -2.14. The second kappa shape index (κ2) is 7.85. The molecule has 2 N–H and O–H groups in total. The van der Waals surface area contributed by atoms with Crippen molar-refractivity contribution in [2.24, 2.45) is 0 Å². The lowest BCUT2D eigenvalue weighted by atomic mass is 10.1. The predicted octanol–water partition coefficient (Wildman–Crippen LogP) is 5.15. The van der Waals surface area contributed by atoms with Crippen molar-refractivity contribution in [3.05, 3.63) is 94.5 Å². The molecule has 0 heterocycles. The van der Waals surface area contributed by atoms with Gasteiger partial charge in [-0.1, -0.05) is 35.9 Å². The summed E-state index contributed by atoms with van der Waals surface area (Å²) in [5, 5.41) is 6.00. The summed E-state index contributed by atoms with van der Waals surface area (Å²) in [4.78, 5) is 24.6. The van der Waals surface area contributed by atoms with E-state index in [1.165, 1.54) is 0 Å². The van der Waals surface area contributed by atoms with Crippen molar-refractivity contribution < 1.29 is 9.59 Å². The minimum Gasteiger partial charge on any atom is -0.322 e. The van der Waals surface area contributed by atoms with Gasteiger partial charge in [0.25, 0.3) is 11.8 Å². The molecular weight excluding hydrogens is 348 g/mol. The van der Waals surface area contributed by atoms with Crippen LogP contribution in [0.1, 0.15) is 26.3 Å². The fourth-order valence-corrected chi connectivity index (χ4v) is 2.70. The largest absolute Gasteiger partial charge is 0.322 e. The zero-order valence-corrected chi connectivity index (χ0v) is 14.9. The first-order valence-electron chi connectivity index (χ1n) is 8.07. The number of amides is 2. The molecule has 0 saturated heterocycles. The molecule has 0 spiro atoms. The van der Waals surface area contributed by atoms with E-state index in [0.29, 0.717) is 21.8 Å². The molecule has 0 atom stereocenters. The average Bonchev–Trinajstić information content (AvgIpc) is 2.62. The summed E-state index contributed by atoms with van der Waals surface area (Å²) in [6, 6.07) is 21.1. The van der Waals surface area contributed by atoms with Gasteiger partial charge in [0.1, 0.15) is 0 Å². The number of hydrogen-bond acceptors (Lipinski definition) is 2. The number of benzene rings is 3. The van der Waals surface area contributed by atoms with E-state index in [0.717, 1.165) is 11.3 Å². The molecule has 3 rings (SSSR count). The number of nitrogens with one attached hydrogen (secondary N) is 2. The highest BCUT2D eigenvalue weighted by Crippen LogP contribution is 2.18. The third kappa shape index (κ3) is 4.29. The zero-order valence-electron chi connectivity index (χ0n) is 14.1. The van der Waals surface area contributed by atoms with E-state index in [1.54, 1.807) is 48.5 Å². The van der Waals surface area contributed by atoms with Crippen molar-refractivity contribution in [3.8, 4) is 0 Å². The summed E-state index contributed by atoms with van der Waals surface area (Å²) in [7, 11) is 0. The summed E-state index contributed by atoms with van der Waals surface area (Å²) in [6.45, 7) is 1.96. The van der Waals surface area contributed by atoms with Gasteiger partial charge in [0, 0.05) is 16.9 Å². The Kier molecular flexibility index (Phi) is 5.34. The Balaban J connectivity index is 1.67.